The molecule has 1 heterocycles. The Morgan fingerprint density at radius 3 is 2.67 bits per heavy atom. The van der Waals surface area contributed by atoms with Gasteiger partial charge in [-0.05, 0) is 49.3 Å². The summed E-state index contributed by atoms with van der Waals surface area (Å²) in [4.78, 5) is 7.78. The third kappa shape index (κ3) is 5.00. The fourth-order valence-corrected chi connectivity index (χ4v) is 3.93. The molecule has 0 fully saturated rings. The number of thiazole rings is 1. The molecule has 1 unspecified atom stereocenters. The van der Waals surface area contributed by atoms with Crippen LogP contribution in [0.5, 0.6) is 0 Å². The highest BCUT2D eigenvalue weighted by atomic mass is 32.1. The zero-order valence-corrected chi connectivity index (χ0v) is 16.2. The second-order valence-corrected chi connectivity index (χ2v) is 7.59. The molecule has 1 atom stereocenters. The zero-order valence-electron chi connectivity index (χ0n) is 15.4. The smallest absolute Gasteiger partial charge is 0.350 e. The monoisotopic (exact) mass is 396 g/mol. The van der Waals surface area contributed by atoms with Crippen LogP contribution in [0.1, 0.15) is 53.2 Å². The maximum Gasteiger partial charge on any atom is 0.434 e. The van der Waals surface area contributed by atoms with Crippen LogP contribution in [0.15, 0.2) is 28.6 Å². The summed E-state index contributed by atoms with van der Waals surface area (Å²) in [5.74, 6) is 0.531. The van der Waals surface area contributed by atoms with Gasteiger partial charge in [0, 0.05) is 12.4 Å². The van der Waals surface area contributed by atoms with Gasteiger partial charge < -0.3 is 10.6 Å². The number of nitrogens with zero attached hydrogens (tertiary/aromatic N) is 2. The van der Waals surface area contributed by atoms with Crippen LogP contribution in [-0.4, -0.2) is 18.0 Å². The van der Waals surface area contributed by atoms with Gasteiger partial charge in [-0.3, -0.25) is 4.99 Å². The van der Waals surface area contributed by atoms with Crippen LogP contribution in [0.2, 0.25) is 0 Å². The Morgan fingerprint density at radius 2 is 2.00 bits per heavy atom. The summed E-state index contributed by atoms with van der Waals surface area (Å²) < 4.78 is 37.9. The van der Waals surface area contributed by atoms with Crippen molar-refractivity contribution >= 4 is 17.3 Å². The Labute approximate surface area is 160 Å². The number of aromatic nitrogens is 1. The molecule has 1 aliphatic carbocycles. The van der Waals surface area contributed by atoms with E-state index in [4.69, 9.17) is 0 Å². The fraction of sp³-hybridized carbons (Fsp3) is 0.474. The van der Waals surface area contributed by atoms with E-state index in [-0.39, 0.29) is 12.6 Å². The van der Waals surface area contributed by atoms with Crippen LogP contribution in [0, 0.1) is 0 Å². The molecule has 0 radical (unpaired) electrons. The van der Waals surface area contributed by atoms with Gasteiger partial charge in [0.1, 0.15) is 5.01 Å². The molecule has 0 bridgehead atoms. The zero-order chi connectivity index (χ0) is 19.4. The predicted molar refractivity (Wildman–Crippen MR) is 102 cm³/mol. The van der Waals surface area contributed by atoms with Gasteiger partial charge in [0.25, 0.3) is 0 Å². The second-order valence-electron chi connectivity index (χ2n) is 6.65. The Morgan fingerprint density at radius 1 is 1.26 bits per heavy atom. The van der Waals surface area contributed by atoms with Crippen molar-refractivity contribution in [2.75, 3.05) is 7.05 Å². The normalized spacial score (nSPS) is 16.0. The van der Waals surface area contributed by atoms with Crippen molar-refractivity contribution in [3.8, 4) is 0 Å². The van der Waals surface area contributed by atoms with E-state index >= 15 is 0 Å². The van der Waals surface area contributed by atoms with Gasteiger partial charge in [0.2, 0.25) is 0 Å². The number of nitrogens with one attached hydrogen (secondary N) is 2. The van der Waals surface area contributed by atoms with Crippen molar-refractivity contribution in [1.29, 1.82) is 0 Å². The van der Waals surface area contributed by atoms with E-state index in [2.05, 4.69) is 38.8 Å². The average Bonchev–Trinajstić information content (AvgIpc) is 3.14. The number of rotatable bonds is 4. The van der Waals surface area contributed by atoms with Crippen molar-refractivity contribution in [3.05, 3.63) is 51.0 Å². The van der Waals surface area contributed by atoms with E-state index in [1.165, 1.54) is 29.5 Å². The molecular formula is C19H23F3N4S. The van der Waals surface area contributed by atoms with Crippen LogP contribution >= 0.6 is 11.3 Å². The van der Waals surface area contributed by atoms with Crippen LogP contribution in [0.3, 0.4) is 0 Å². The molecule has 0 aliphatic heterocycles. The second kappa shape index (κ2) is 8.29. The number of hydrogen-bond donors (Lipinski definition) is 2. The maximum atomic E-state index is 12.6. The van der Waals surface area contributed by atoms with E-state index in [1.54, 1.807) is 7.05 Å². The van der Waals surface area contributed by atoms with Crippen molar-refractivity contribution in [1.82, 2.24) is 15.6 Å². The largest absolute Gasteiger partial charge is 0.434 e. The first-order valence-corrected chi connectivity index (χ1v) is 9.85. The molecule has 0 amide bonds. The molecule has 1 aromatic heterocycles. The Kier molecular flexibility index (Phi) is 6.04. The number of fused-ring (bicyclic) bond motifs is 1. The molecule has 4 nitrogen and oxygen atoms in total. The number of aliphatic imine (C=N–C) groups is 1. The van der Waals surface area contributed by atoms with Crippen molar-refractivity contribution in [2.24, 2.45) is 4.99 Å². The Balaban J connectivity index is 1.59. The van der Waals surface area contributed by atoms with Crippen molar-refractivity contribution in [2.45, 2.75) is 51.4 Å². The molecule has 0 saturated heterocycles. The lowest BCUT2D eigenvalue weighted by Crippen LogP contribution is -2.38. The molecule has 1 aromatic carbocycles. The quantitative estimate of drug-likeness (QED) is 0.592. The standard InChI is InChI=1S/C19H23F3N4S/c1-12(14-8-7-13-5-3-4-6-15(13)9-14)25-18(23-2)24-10-17-26-16(11-27-17)19(20,21)22/h7-9,11-12H,3-6,10H2,1-2H3,(H2,23,24,25). The number of benzene rings is 1. The van der Waals surface area contributed by atoms with Crippen LogP contribution in [0.25, 0.3) is 0 Å². The summed E-state index contributed by atoms with van der Waals surface area (Å²) in [5.41, 5.74) is 3.17. The van der Waals surface area contributed by atoms with E-state index in [0.717, 1.165) is 29.6 Å². The molecule has 0 spiro atoms. The van der Waals surface area contributed by atoms with Gasteiger partial charge in [0.05, 0.1) is 12.6 Å². The van der Waals surface area contributed by atoms with E-state index in [9.17, 15) is 13.2 Å². The highest BCUT2D eigenvalue weighted by Gasteiger charge is 2.33. The number of alkyl halides is 3. The first-order valence-electron chi connectivity index (χ1n) is 8.97. The predicted octanol–water partition coefficient (Wildman–Crippen LogP) is 4.47. The fourth-order valence-electron chi connectivity index (χ4n) is 3.19. The summed E-state index contributed by atoms with van der Waals surface area (Å²) >= 11 is 0.983. The van der Waals surface area contributed by atoms with Crippen LogP contribution in [0.4, 0.5) is 13.2 Å². The van der Waals surface area contributed by atoms with Gasteiger partial charge in [-0.15, -0.1) is 11.3 Å². The summed E-state index contributed by atoms with van der Waals surface area (Å²) in [6.07, 6.45) is 0.344. The Bertz CT molecular complexity index is 814. The first-order chi connectivity index (χ1) is 12.9. The van der Waals surface area contributed by atoms with Crippen LogP contribution < -0.4 is 10.6 Å². The summed E-state index contributed by atoms with van der Waals surface area (Å²) in [6, 6.07) is 6.61. The third-order valence-electron chi connectivity index (χ3n) is 4.70. The SMILES string of the molecule is CN=C(NCc1nc(C(F)(F)F)cs1)NC(C)c1ccc2c(c1)CCCC2. The lowest BCUT2D eigenvalue weighted by Gasteiger charge is -2.21. The van der Waals surface area contributed by atoms with Gasteiger partial charge in [0.15, 0.2) is 11.7 Å². The lowest BCUT2D eigenvalue weighted by molar-refractivity contribution is -0.140. The average molecular weight is 396 g/mol. The number of aryl methyl sites for hydroxylation is 2. The number of guanidine groups is 1. The van der Waals surface area contributed by atoms with E-state index in [0.29, 0.717) is 11.0 Å². The minimum Gasteiger partial charge on any atom is -0.350 e. The van der Waals surface area contributed by atoms with Crippen molar-refractivity contribution < 1.29 is 13.2 Å². The molecule has 8 heteroatoms. The van der Waals surface area contributed by atoms with Gasteiger partial charge in [-0.25, -0.2) is 4.98 Å². The van der Waals surface area contributed by atoms with Crippen LogP contribution in [-0.2, 0) is 25.6 Å². The summed E-state index contributed by atoms with van der Waals surface area (Å²) in [7, 11) is 1.64. The van der Waals surface area contributed by atoms with E-state index in [1.807, 2.05) is 6.92 Å². The summed E-state index contributed by atoms with van der Waals surface area (Å²) in [6.45, 7) is 2.24. The Hall–Kier alpha value is -2.09. The lowest BCUT2D eigenvalue weighted by atomic mass is 9.89. The minimum atomic E-state index is -4.41. The number of hydrogen-bond acceptors (Lipinski definition) is 3. The minimum absolute atomic E-state index is 0.0328. The van der Waals surface area contributed by atoms with E-state index < -0.39 is 11.9 Å². The van der Waals surface area contributed by atoms with Gasteiger partial charge in [-0.2, -0.15) is 13.2 Å². The molecule has 1 aliphatic rings. The summed E-state index contributed by atoms with van der Waals surface area (Å²) in [5, 5.41) is 7.72. The highest BCUT2D eigenvalue weighted by Crippen LogP contribution is 2.30. The molecule has 27 heavy (non-hydrogen) atoms. The highest BCUT2D eigenvalue weighted by molar-refractivity contribution is 7.09. The third-order valence-corrected chi connectivity index (χ3v) is 5.55. The molecular weight excluding hydrogens is 373 g/mol. The first kappa shape index (κ1) is 19.7. The molecule has 146 valence electrons. The molecule has 3 rings (SSSR count). The topological polar surface area (TPSA) is 49.3 Å². The molecule has 0 saturated carbocycles. The van der Waals surface area contributed by atoms with Gasteiger partial charge >= 0.3 is 6.18 Å². The van der Waals surface area contributed by atoms with Crippen molar-refractivity contribution in [3.63, 3.8) is 0 Å². The van der Waals surface area contributed by atoms with Gasteiger partial charge in [-0.1, -0.05) is 18.2 Å². The maximum absolute atomic E-state index is 12.6. The molecule has 2 N–H and O–H groups in total. The molecule has 2 aromatic rings. The number of halogens is 3.